The van der Waals surface area contributed by atoms with Crippen LogP contribution in [-0.4, -0.2) is 40.2 Å². The monoisotopic (exact) mass is 439 g/mol. The zero-order valence-corrected chi connectivity index (χ0v) is 17.2. The number of amides is 2. The van der Waals surface area contributed by atoms with E-state index in [9.17, 15) is 19.7 Å². The number of carbonyl (C=O) groups is 2. The van der Waals surface area contributed by atoms with Gasteiger partial charge in [0.25, 0.3) is 5.69 Å². The topological polar surface area (TPSA) is 149 Å². The third kappa shape index (κ3) is 6.11. The minimum absolute atomic E-state index is 0.105. The van der Waals surface area contributed by atoms with E-state index in [0.717, 1.165) is 5.56 Å². The van der Waals surface area contributed by atoms with Gasteiger partial charge in [-0.15, -0.1) is 0 Å². The molecule has 0 aliphatic rings. The predicted molar refractivity (Wildman–Crippen MR) is 112 cm³/mol. The van der Waals surface area contributed by atoms with Crippen molar-refractivity contribution in [2.75, 3.05) is 13.2 Å². The third-order valence-electron chi connectivity index (χ3n) is 4.34. The minimum atomic E-state index is -0.709. The van der Waals surface area contributed by atoms with Crippen molar-refractivity contribution in [3.63, 3.8) is 0 Å². The Balaban J connectivity index is 1.79. The van der Waals surface area contributed by atoms with Gasteiger partial charge in [-0.25, -0.2) is 4.79 Å². The number of rotatable bonds is 9. The zero-order valence-electron chi connectivity index (χ0n) is 17.2. The maximum atomic E-state index is 12.3. The summed E-state index contributed by atoms with van der Waals surface area (Å²) >= 11 is 0. The van der Waals surface area contributed by atoms with Gasteiger partial charge in [0, 0.05) is 24.1 Å². The summed E-state index contributed by atoms with van der Waals surface area (Å²) < 4.78 is 10.1. The SMILES string of the molecule is CCOC(=O)CNC(=O)NC(Cc1ccccc1)c1nc(-c2cccc([N+](=O)[O-])c2)no1. The molecule has 1 aromatic heterocycles. The van der Waals surface area contributed by atoms with Gasteiger partial charge in [-0.3, -0.25) is 14.9 Å². The zero-order chi connectivity index (χ0) is 22.9. The molecule has 1 unspecified atom stereocenters. The molecule has 2 N–H and O–H groups in total. The maximum absolute atomic E-state index is 12.3. The largest absolute Gasteiger partial charge is 0.465 e. The Morgan fingerprint density at radius 3 is 2.69 bits per heavy atom. The van der Waals surface area contributed by atoms with Crippen molar-refractivity contribution in [1.82, 2.24) is 20.8 Å². The van der Waals surface area contributed by atoms with Crippen LogP contribution in [0, 0.1) is 10.1 Å². The fourth-order valence-electron chi connectivity index (χ4n) is 2.88. The molecule has 2 aromatic carbocycles. The van der Waals surface area contributed by atoms with Gasteiger partial charge in [-0.2, -0.15) is 4.98 Å². The molecular weight excluding hydrogens is 418 g/mol. The maximum Gasteiger partial charge on any atom is 0.325 e. The Hall–Kier alpha value is -4.28. The highest BCUT2D eigenvalue weighted by molar-refractivity contribution is 5.81. The molecule has 1 heterocycles. The highest BCUT2D eigenvalue weighted by Gasteiger charge is 2.23. The molecule has 0 aliphatic heterocycles. The summed E-state index contributed by atoms with van der Waals surface area (Å²) in [6, 6.07) is 13.8. The number of nitro groups is 1. The van der Waals surface area contributed by atoms with E-state index in [1.165, 1.54) is 18.2 Å². The predicted octanol–water partition coefficient (Wildman–Crippen LogP) is 2.79. The highest BCUT2D eigenvalue weighted by Crippen LogP contribution is 2.24. The first-order valence-electron chi connectivity index (χ1n) is 9.78. The lowest BCUT2D eigenvalue weighted by Gasteiger charge is -2.15. The number of aromatic nitrogens is 2. The number of nitrogens with one attached hydrogen (secondary N) is 2. The fraction of sp³-hybridized carbons (Fsp3) is 0.238. The van der Waals surface area contributed by atoms with Crippen molar-refractivity contribution in [3.8, 4) is 11.4 Å². The molecule has 32 heavy (non-hydrogen) atoms. The van der Waals surface area contributed by atoms with E-state index < -0.39 is 23.0 Å². The first-order valence-corrected chi connectivity index (χ1v) is 9.78. The second kappa shape index (κ2) is 10.7. The summed E-state index contributed by atoms with van der Waals surface area (Å²) in [6.45, 7) is 1.59. The minimum Gasteiger partial charge on any atom is -0.465 e. The van der Waals surface area contributed by atoms with Crippen LogP contribution in [0.15, 0.2) is 59.1 Å². The standard InChI is InChI=1S/C21H21N5O6/c1-2-31-18(27)13-22-21(28)23-17(11-14-7-4-3-5-8-14)20-24-19(25-32-20)15-9-6-10-16(12-15)26(29)30/h3-10,12,17H,2,11,13H2,1H3,(H2,22,23,28). The van der Waals surface area contributed by atoms with E-state index in [1.807, 2.05) is 30.3 Å². The molecule has 1 atom stereocenters. The van der Waals surface area contributed by atoms with Gasteiger partial charge in [-0.1, -0.05) is 47.6 Å². The Kier molecular flexibility index (Phi) is 7.46. The smallest absolute Gasteiger partial charge is 0.325 e. The fourth-order valence-corrected chi connectivity index (χ4v) is 2.88. The van der Waals surface area contributed by atoms with E-state index in [-0.39, 0.29) is 30.6 Å². The van der Waals surface area contributed by atoms with Gasteiger partial charge >= 0.3 is 12.0 Å². The van der Waals surface area contributed by atoms with E-state index in [1.54, 1.807) is 13.0 Å². The second-order valence-electron chi connectivity index (χ2n) is 6.64. The molecule has 166 valence electrons. The molecule has 11 nitrogen and oxygen atoms in total. The van der Waals surface area contributed by atoms with Crippen LogP contribution in [0.2, 0.25) is 0 Å². The molecule has 0 aliphatic carbocycles. The van der Waals surface area contributed by atoms with Gasteiger partial charge in [0.05, 0.1) is 11.5 Å². The number of nitro benzene ring substituents is 1. The molecular formula is C21H21N5O6. The molecule has 2 amide bonds. The number of nitrogens with zero attached hydrogens (tertiary/aromatic N) is 3. The van der Waals surface area contributed by atoms with E-state index >= 15 is 0 Å². The number of esters is 1. The van der Waals surface area contributed by atoms with Crippen LogP contribution in [0.1, 0.15) is 24.4 Å². The van der Waals surface area contributed by atoms with Crippen molar-refractivity contribution >= 4 is 17.7 Å². The van der Waals surface area contributed by atoms with Gasteiger partial charge < -0.3 is 19.9 Å². The quantitative estimate of drug-likeness (QED) is 0.294. The van der Waals surface area contributed by atoms with Crippen LogP contribution >= 0.6 is 0 Å². The lowest BCUT2D eigenvalue weighted by molar-refractivity contribution is -0.384. The molecule has 0 fully saturated rings. The van der Waals surface area contributed by atoms with Crippen molar-refractivity contribution in [2.45, 2.75) is 19.4 Å². The number of hydrogen-bond donors (Lipinski definition) is 2. The second-order valence-corrected chi connectivity index (χ2v) is 6.64. The first-order chi connectivity index (χ1) is 15.5. The number of urea groups is 1. The number of carbonyl (C=O) groups excluding carboxylic acids is 2. The average molecular weight is 439 g/mol. The van der Waals surface area contributed by atoms with E-state index in [4.69, 9.17) is 9.26 Å². The van der Waals surface area contributed by atoms with Crippen LogP contribution < -0.4 is 10.6 Å². The molecule has 3 aromatic rings. The summed E-state index contributed by atoms with van der Waals surface area (Å²) in [4.78, 5) is 38.6. The van der Waals surface area contributed by atoms with Gasteiger partial charge in [0.1, 0.15) is 12.6 Å². The van der Waals surface area contributed by atoms with Crippen LogP contribution in [0.4, 0.5) is 10.5 Å². The lowest BCUT2D eigenvalue weighted by atomic mass is 10.1. The molecule has 11 heteroatoms. The molecule has 0 saturated carbocycles. The van der Waals surface area contributed by atoms with Gasteiger partial charge in [0.2, 0.25) is 11.7 Å². The Morgan fingerprint density at radius 2 is 1.97 bits per heavy atom. The average Bonchev–Trinajstić information content (AvgIpc) is 3.29. The number of ether oxygens (including phenoxy) is 1. The number of hydrogen-bond acceptors (Lipinski definition) is 8. The summed E-state index contributed by atoms with van der Waals surface area (Å²) in [6.07, 6.45) is 0.338. The molecule has 3 rings (SSSR count). The van der Waals surface area contributed by atoms with E-state index in [2.05, 4.69) is 20.8 Å². The normalized spacial score (nSPS) is 11.4. The molecule has 0 radical (unpaired) electrons. The summed E-state index contributed by atoms with van der Waals surface area (Å²) in [5.41, 5.74) is 1.20. The summed E-state index contributed by atoms with van der Waals surface area (Å²) in [7, 11) is 0. The van der Waals surface area contributed by atoms with Crippen molar-refractivity contribution in [1.29, 1.82) is 0 Å². The number of non-ortho nitro benzene ring substituents is 1. The molecule has 0 bridgehead atoms. The van der Waals surface area contributed by atoms with Crippen molar-refractivity contribution < 1.29 is 23.8 Å². The van der Waals surface area contributed by atoms with Crippen LogP contribution in [0.25, 0.3) is 11.4 Å². The van der Waals surface area contributed by atoms with Crippen LogP contribution in [0.3, 0.4) is 0 Å². The van der Waals surface area contributed by atoms with Gasteiger partial charge in [-0.05, 0) is 12.5 Å². The highest BCUT2D eigenvalue weighted by atomic mass is 16.6. The lowest BCUT2D eigenvalue weighted by Crippen LogP contribution is -2.41. The van der Waals surface area contributed by atoms with Gasteiger partial charge in [0.15, 0.2) is 0 Å². The Labute approximate surface area is 182 Å². The van der Waals surface area contributed by atoms with Crippen molar-refractivity contribution in [2.24, 2.45) is 0 Å². The van der Waals surface area contributed by atoms with Crippen LogP contribution in [0.5, 0.6) is 0 Å². The summed E-state index contributed by atoms with van der Waals surface area (Å²) in [5.74, 6) is -0.301. The summed E-state index contributed by atoms with van der Waals surface area (Å²) in [5, 5.41) is 20.1. The Bertz CT molecular complexity index is 1090. The Morgan fingerprint density at radius 1 is 1.19 bits per heavy atom. The first kappa shape index (κ1) is 22.4. The van der Waals surface area contributed by atoms with E-state index in [0.29, 0.717) is 12.0 Å². The van der Waals surface area contributed by atoms with Crippen LogP contribution in [-0.2, 0) is 16.0 Å². The molecule has 0 spiro atoms. The number of benzene rings is 2. The molecule has 0 saturated heterocycles. The van der Waals surface area contributed by atoms with Crippen molar-refractivity contribution in [3.05, 3.63) is 76.2 Å². The third-order valence-corrected chi connectivity index (χ3v) is 4.34.